The lowest BCUT2D eigenvalue weighted by molar-refractivity contribution is 0.606. The summed E-state index contributed by atoms with van der Waals surface area (Å²) in [7, 11) is 0. The molecule has 0 fully saturated rings. The van der Waals surface area contributed by atoms with E-state index in [1.165, 1.54) is 0 Å². The molecule has 0 radical (unpaired) electrons. The number of aromatic nitrogens is 3. The first kappa shape index (κ1) is 12.2. The summed E-state index contributed by atoms with van der Waals surface area (Å²) in [6, 6.07) is 19.9. The summed E-state index contributed by atoms with van der Waals surface area (Å²) < 4.78 is 1.65. The van der Waals surface area contributed by atoms with Crippen LogP contribution in [-0.2, 0) is 0 Å². The molecule has 20 heavy (non-hydrogen) atoms. The first-order valence-electron chi connectivity index (χ1n) is 6.33. The Balaban J connectivity index is 2.16. The molecule has 0 amide bonds. The molecule has 2 aromatic carbocycles. The minimum atomic E-state index is -0.137. The monoisotopic (exact) mass is 265 g/mol. The molecule has 0 aliphatic heterocycles. The molecule has 3 rings (SSSR count). The summed E-state index contributed by atoms with van der Waals surface area (Å²) in [6.45, 7) is 0. The largest absolute Gasteiger partial charge is 0.368 e. The van der Waals surface area contributed by atoms with Crippen LogP contribution in [0, 0.1) is 0 Å². The van der Waals surface area contributed by atoms with Gasteiger partial charge in [-0.25, -0.2) is 4.68 Å². The van der Waals surface area contributed by atoms with Gasteiger partial charge in [0.15, 0.2) is 0 Å². The fourth-order valence-corrected chi connectivity index (χ4v) is 2.29. The van der Waals surface area contributed by atoms with Gasteiger partial charge in [-0.1, -0.05) is 60.7 Å². The summed E-state index contributed by atoms with van der Waals surface area (Å²) >= 11 is 0. The van der Waals surface area contributed by atoms with Crippen LogP contribution in [0.3, 0.4) is 0 Å². The third-order valence-electron chi connectivity index (χ3n) is 3.15. The van der Waals surface area contributed by atoms with Gasteiger partial charge in [-0.2, -0.15) is 4.98 Å². The Morgan fingerprint density at radius 1 is 0.800 bits per heavy atom. The molecule has 1 heterocycles. The van der Waals surface area contributed by atoms with Crippen molar-refractivity contribution in [3.05, 3.63) is 71.8 Å². The maximum atomic E-state index is 5.93. The highest BCUT2D eigenvalue weighted by Crippen LogP contribution is 2.27. The predicted molar refractivity (Wildman–Crippen MR) is 79.0 cm³/mol. The Morgan fingerprint density at radius 3 is 1.70 bits per heavy atom. The smallest absolute Gasteiger partial charge is 0.241 e. The molecule has 0 aliphatic rings. The van der Waals surface area contributed by atoms with E-state index in [2.05, 4.69) is 10.1 Å². The summed E-state index contributed by atoms with van der Waals surface area (Å²) in [5.74, 6) is 0.486. The zero-order chi connectivity index (χ0) is 13.9. The summed E-state index contributed by atoms with van der Waals surface area (Å²) in [5, 5.41) is 4.22. The summed E-state index contributed by atoms with van der Waals surface area (Å²) in [4.78, 5) is 3.99. The van der Waals surface area contributed by atoms with E-state index in [1.54, 1.807) is 4.68 Å². The molecule has 5 nitrogen and oxygen atoms in total. The number of benzene rings is 2. The van der Waals surface area contributed by atoms with E-state index in [9.17, 15) is 0 Å². The molecule has 0 bridgehead atoms. The molecular weight excluding hydrogens is 250 g/mol. The van der Waals surface area contributed by atoms with Crippen LogP contribution >= 0.6 is 0 Å². The SMILES string of the molecule is Nc1nc(N)n(C(c2ccccc2)c2ccccc2)n1. The lowest BCUT2D eigenvalue weighted by atomic mass is 9.99. The first-order chi connectivity index (χ1) is 9.75. The second-order valence-corrected chi connectivity index (χ2v) is 4.50. The standard InChI is InChI=1S/C15H15N5/c16-14-18-15(17)20(19-14)13(11-7-3-1-4-8-11)12-9-5-2-6-10-12/h1-10,13H,(H4,16,17,18,19). The van der Waals surface area contributed by atoms with Crippen LogP contribution in [0.4, 0.5) is 11.9 Å². The molecule has 0 saturated carbocycles. The second kappa shape index (κ2) is 5.05. The number of hydrogen-bond donors (Lipinski definition) is 2. The molecule has 0 unspecified atom stereocenters. The number of nitrogens with two attached hydrogens (primary N) is 2. The van der Waals surface area contributed by atoms with Gasteiger partial charge in [0.05, 0.1) is 0 Å². The van der Waals surface area contributed by atoms with Crippen molar-refractivity contribution in [2.75, 3.05) is 11.5 Å². The Labute approximate surface area is 116 Å². The van der Waals surface area contributed by atoms with Gasteiger partial charge in [-0.3, -0.25) is 0 Å². The van der Waals surface area contributed by atoms with Gasteiger partial charge < -0.3 is 11.5 Å². The molecule has 0 spiro atoms. The maximum absolute atomic E-state index is 5.93. The van der Waals surface area contributed by atoms with Crippen molar-refractivity contribution in [3.8, 4) is 0 Å². The molecular formula is C15H15N5. The zero-order valence-electron chi connectivity index (χ0n) is 10.8. The average molecular weight is 265 g/mol. The fourth-order valence-electron chi connectivity index (χ4n) is 2.29. The highest BCUT2D eigenvalue weighted by atomic mass is 15.4. The molecule has 100 valence electrons. The van der Waals surface area contributed by atoms with Crippen molar-refractivity contribution in [1.82, 2.24) is 14.8 Å². The Bertz CT molecular complexity index is 651. The Hall–Kier alpha value is -2.82. The fraction of sp³-hybridized carbons (Fsp3) is 0.0667. The third kappa shape index (κ3) is 2.21. The molecule has 5 heteroatoms. The minimum absolute atomic E-state index is 0.137. The van der Waals surface area contributed by atoms with Crippen LogP contribution in [0.2, 0.25) is 0 Å². The normalized spacial score (nSPS) is 10.8. The Morgan fingerprint density at radius 2 is 1.30 bits per heavy atom. The highest BCUT2D eigenvalue weighted by molar-refractivity contribution is 5.37. The predicted octanol–water partition coefficient (Wildman–Crippen LogP) is 2.08. The van der Waals surface area contributed by atoms with Crippen molar-refractivity contribution >= 4 is 11.9 Å². The van der Waals surface area contributed by atoms with Crippen LogP contribution in [0.5, 0.6) is 0 Å². The minimum Gasteiger partial charge on any atom is -0.368 e. The zero-order valence-corrected chi connectivity index (χ0v) is 10.8. The number of hydrogen-bond acceptors (Lipinski definition) is 4. The van der Waals surface area contributed by atoms with Crippen molar-refractivity contribution in [2.45, 2.75) is 6.04 Å². The van der Waals surface area contributed by atoms with Gasteiger partial charge in [0.1, 0.15) is 6.04 Å². The van der Waals surface area contributed by atoms with Gasteiger partial charge in [0.25, 0.3) is 0 Å². The number of anilines is 2. The number of rotatable bonds is 3. The molecule has 0 aliphatic carbocycles. The quantitative estimate of drug-likeness (QED) is 0.759. The van der Waals surface area contributed by atoms with Gasteiger partial charge in [-0.05, 0) is 11.1 Å². The number of nitrogens with zero attached hydrogens (tertiary/aromatic N) is 3. The maximum Gasteiger partial charge on any atom is 0.241 e. The van der Waals surface area contributed by atoms with E-state index in [-0.39, 0.29) is 12.0 Å². The van der Waals surface area contributed by atoms with E-state index in [0.29, 0.717) is 5.95 Å². The van der Waals surface area contributed by atoms with E-state index in [1.807, 2.05) is 60.7 Å². The summed E-state index contributed by atoms with van der Waals surface area (Å²) in [5.41, 5.74) is 13.7. The average Bonchev–Trinajstić information content (AvgIpc) is 2.80. The third-order valence-corrected chi connectivity index (χ3v) is 3.15. The topological polar surface area (TPSA) is 82.7 Å². The van der Waals surface area contributed by atoms with Gasteiger partial charge in [0.2, 0.25) is 11.9 Å². The van der Waals surface area contributed by atoms with Crippen LogP contribution < -0.4 is 11.5 Å². The molecule has 0 saturated heterocycles. The van der Waals surface area contributed by atoms with Crippen molar-refractivity contribution in [3.63, 3.8) is 0 Å². The van der Waals surface area contributed by atoms with E-state index in [4.69, 9.17) is 11.5 Å². The number of nitrogen functional groups attached to an aromatic ring is 2. The van der Waals surface area contributed by atoms with E-state index in [0.717, 1.165) is 11.1 Å². The molecule has 4 N–H and O–H groups in total. The van der Waals surface area contributed by atoms with Gasteiger partial charge in [-0.15, -0.1) is 5.10 Å². The molecule has 1 aromatic heterocycles. The molecule has 0 atom stereocenters. The lowest BCUT2D eigenvalue weighted by Crippen LogP contribution is -2.16. The van der Waals surface area contributed by atoms with Crippen molar-refractivity contribution < 1.29 is 0 Å². The van der Waals surface area contributed by atoms with Crippen LogP contribution in [-0.4, -0.2) is 14.8 Å². The first-order valence-corrected chi connectivity index (χ1v) is 6.33. The van der Waals surface area contributed by atoms with Crippen LogP contribution in [0.1, 0.15) is 17.2 Å². The second-order valence-electron chi connectivity index (χ2n) is 4.50. The van der Waals surface area contributed by atoms with E-state index < -0.39 is 0 Å². The Kier molecular flexibility index (Phi) is 3.09. The summed E-state index contributed by atoms with van der Waals surface area (Å²) in [6.07, 6.45) is 0. The van der Waals surface area contributed by atoms with Gasteiger partial charge in [0, 0.05) is 0 Å². The molecule has 3 aromatic rings. The van der Waals surface area contributed by atoms with E-state index >= 15 is 0 Å². The van der Waals surface area contributed by atoms with Crippen molar-refractivity contribution in [1.29, 1.82) is 0 Å². The van der Waals surface area contributed by atoms with Crippen LogP contribution in [0.15, 0.2) is 60.7 Å². The highest BCUT2D eigenvalue weighted by Gasteiger charge is 2.20. The van der Waals surface area contributed by atoms with Gasteiger partial charge >= 0.3 is 0 Å². The lowest BCUT2D eigenvalue weighted by Gasteiger charge is -2.19. The van der Waals surface area contributed by atoms with Crippen LogP contribution in [0.25, 0.3) is 0 Å². The van der Waals surface area contributed by atoms with Crippen molar-refractivity contribution in [2.24, 2.45) is 0 Å².